The standard InChI is InChI=1S/C11H12N2O3/c1-15-9-4-2-3-8(7-9)12-13-10-5-6-16-11(10)14/h2-4,7,12H,5-6H2,1H3/b13-10+. The number of esters is 1. The van der Waals surface area contributed by atoms with Crippen molar-refractivity contribution in [3.8, 4) is 5.75 Å². The minimum atomic E-state index is -0.351. The number of nitrogens with one attached hydrogen (secondary N) is 1. The molecule has 0 spiro atoms. The summed E-state index contributed by atoms with van der Waals surface area (Å²) in [5.74, 6) is 0.384. The van der Waals surface area contributed by atoms with Gasteiger partial charge < -0.3 is 9.47 Å². The highest BCUT2D eigenvalue weighted by atomic mass is 16.5. The van der Waals surface area contributed by atoms with Crippen LogP contribution in [0.15, 0.2) is 29.4 Å². The van der Waals surface area contributed by atoms with Crippen molar-refractivity contribution in [2.75, 3.05) is 19.1 Å². The Morgan fingerprint density at radius 3 is 3.06 bits per heavy atom. The molecular weight excluding hydrogens is 208 g/mol. The number of cyclic esters (lactones) is 1. The summed E-state index contributed by atoms with van der Waals surface area (Å²) < 4.78 is 9.83. The maximum Gasteiger partial charge on any atom is 0.354 e. The van der Waals surface area contributed by atoms with Crippen LogP contribution in [0.25, 0.3) is 0 Å². The molecule has 1 heterocycles. The highest BCUT2D eigenvalue weighted by molar-refractivity contribution is 6.38. The lowest BCUT2D eigenvalue weighted by molar-refractivity contribution is -0.132. The van der Waals surface area contributed by atoms with Gasteiger partial charge in [-0.3, -0.25) is 5.43 Å². The van der Waals surface area contributed by atoms with Gasteiger partial charge in [-0.1, -0.05) is 6.07 Å². The molecule has 0 amide bonds. The minimum absolute atomic E-state index is 0.351. The van der Waals surface area contributed by atoms with E-state index in [2.05, 4.69) is 10.5 Å². The highest BCUT2D eigenvalue weighted by Gasteiger charge is 2.20. The molecule has 5 heteroatoms. The number of ether oxygens (including phenoxy) is 2. The first kappa shape index (κ1) is 10.5. The normalized spacial score (nSPS) is 17.3. The number of carbonyl (C=O) groups is 1. The number of rotatable bonds is 3. The molecule has 0 saturated carbocycles. The van der Waals surface area contributed by atoms with Crippen LogP contribution in [0.5, 0.6) is 5.75 Å². The second-order valence-electron chi connectivity index (χ2n) is 3.29. The summed E-state index contributed by atoms with van der Waals surface area (Å²) >= 11 is 0. The van der Waals surface area contributed by atoms with Gasteiger partial charge in [-0.2, -0.15) is 5.10 Å². The predicted molar refractivity (Wildman–Crippen MR) is 59.6 cm³/mol. The quantitative estimate of drug-likeness (QED) is 0.618. The van der Waals surface area contributed by atoms with E-state index in [0.29, 0.717) is 18.7 Å². The monoisotopic (exact) mass is 220 g/mol. The van der Waals surface area contributed by atoms with Crippen molar-refractivity contribution in [2.45, 2.75) is 6.42 Å². The van der Waals surface area contributed by atoms with Crippen LogP contribution in [0.4, 0.5) is 5.69 Å². The zero-order chi connectivity index (χ0) is 11.4. The van der Waals surface area contributed by atoms with Gasteiger partial charge in [0.2, 0.25) is 0 Å². The van der Waals surface area contributed by atoms with Crippen molar-refractivity contribution in [3.63, 3.8) is 0 Å². The van der Waals surface area contributed by atoms with E-state index >= 15 is 0 Å². The fourth-order valence-corrected chi connectivity index (χ4v) is 1.35. The number of hydrogen-bond donors (Lipinski definition) is 1. The van der Waals surface area contributed by atoms with Gasteiger partial charge in [0.25, 0.3) is 0 Å². The first-order valence-corrected chi connectivity index (χ1v) is 4.93. The molecular formula is C11H12N2O3. The van der Waals surface area contributed by atoms with Gasteiger partial charge in [0.05, 0.1) is 19.4 Å². The van der Waals surface area contributed by atoms with Gasteiger partial charge in [0, 0.05) is 12.5 Å². The molecule has 1 aromatic carbocycles. The smallest absolute Gasteiger partial charge is 0.354 e. The van der Waals surface area contributed by atoms with E-state index in [1.807, 2.05) is 18.2 Å². The van der Waals surface area contributed by atoms with Crippen LogP contribution in [0.1, 0.15) is 6.42 Å². The van der Waals surface area contributed by atoms with Crippen molar-refractivity contribution < 1.29 is 14.3 Å². The largest absolute Gasteiger partial charge is 0.497 e. The molecule has 0 unspecified atom stereocenters. The molecule has 1 saturated heterocycles. The van der Waals surface area contributed by atoms with Crippen molar-refractivity contribution in [1.82, 2.24) is 0 Å². The SMILES string of the molecule is COc1cccc(N/N=C2\CCOC2=O)c1. The average Bonchev–Trinajstić information content (AvgIpc) is 2.72. The zero-order valence-corrected chi connectivity index (χ0v) is 8.90. The molecule has 1 fully saturated rings. The van der Waals surface area contributed by atoms with Crippen molar-refractivity contribution in [2.24, 2.45) is 5.10 Å². The number of nitrogens with zero attached hydrogens (tertiary/aromatic N) is 1. The Balaban J connectivity index is 2.06. The topological polar surface area (TPSA) is 59.9 Å². The summed E-state index contributed by atoms with van der Waals surface area (Å²) in [4.78, 5) is 11.1. The van der Waals surface area contributed by atoms with E-state index in [0.717, 1.165) is 11.4 Å². The number of benzene rings is 1. The summed E-state index contributed by atoms with van der Waals surface area (Å²) in [5, 5.41) is 3.99. The highest BCUT2D eigenvalue weighted by Crippen LogP contribution is 2.16. The summed E-state index contributed by atoms with van der Waals surface area (Å²) in [6.45, 7) is 0.414. The van der Waals surface area contributed by atoms with E-state index in [4.69, 9.17) is 9.47 Å². The Hall–Kier alpha value is -2.04. The van der Waals surface area contributed by atoms with Crippen LogP contribution in [-0.2, 0) is 9.53 Å². The van der Waals surface area contributed by atoms with Gasteiger partial charge in [-0.05, 0) is 12.1 Å². The molecule has 16 heavy (non-hydrogen) atoms. The molecule has 0 bridgehead atoms. The van der Waals surface area contributed by atoms with Gasteiger partial charge in [0.15, 0.2) is 0 Å². The fraction of sp³-hybridized carbons (Fsp3) is 0.273. The maximum absolute atomic E-state index is 11.1. The fourth-order valence-electron chi connectivity index (χ4n) is 1.35. The van der Waals surface area contributed by atoms with E-state index < -0.39 is 0 Å². The molecule has 2 rings (SSSR count). The van der Waals surface area contributed by atoms with E-state index in [9.17, 15) is 4.79 Å². The van der Waals surface area contributed by atoms with E-state index in [1.165, 1.54) is 0 Å². The van der Waals surface area contributed by atoms with Crippen LogP contribution in [0, 0.1) is 0 Å². The summed E-state index contributed by atoms with van der Waals surface area (Å²) in [6, 6.07) is 7.31. The molecule has 0 aromatic heterocycles. The second kappa shape index (κ2) is 4.65. The average molecular weight is 220 g/mol. The van der Waals surface area contributed by atoms with Crippen LogP contribution in [-0.4, -0.2) is 25.4 Å². The van der Waals surface area contributed by atoms with Crippen molar-refractivity contribution in [3.05, 3.63) is 24.3 Å². The van der Waals surface area contributed by atoms with Crippen LogP contribution in [0.3, 0.4) is 0 Å². The second-order valence-corrected chi connectivity index (χ2v) is 3.29. The number of hydrogen-bond acceptors (Lipinski definition) is 5. The predicted octanol–water partition coefficient (Wildman–Crippen LogP) is 1.41. The van der Waals surface area contributed by atoms with E-state index in [1.54, 1.807) is 13.2 Å². The lowest BCUT2D eigenvalue weighted by Crippen LogP contribution is -2.08. The lowest BCUT2D eigenvalue weighted by atomic mass is 10.3. The maximum atomic E-state index is 11.1. The minimum Gasteiger partial charge on any atom is -0.497 e. The van der Waals surface area contributed by atoms with Crippen LogP contribution in [0.2, 0.25) is 0 Å². The lowest BCUT2D eigenvalue weighted by Gasteiger charge is -2.03. The van der Waals surface area contributed by atoms with Gasteiger partial charge >= 0.3 is 5.97 Å². The Bertz CT molecular complexity index is 429. The third-order valence-electron chi connectivity index (χ3n) is 2.20. The zero-order valence-electron chi connectivity index (χ0n) is 8.90. The number of carbonyl (C=O) groups excluding carboxylic acids is 1. The number of methoxy groups -OCH3 is 1. The van der Waals surface area contributed by atoms with Crippen molar-refractivity contribution in [1.29, 1.82) is 0 Å². The molecule has 1 aromatic rings. The van der Waals surface area contributed by atoms with Gasteiger partial charge in [-0.25, -0.2) is 4.79 Å². The third-order valence-corrected chi connectivity index (χ3v) is 2.20. The Morgan fingerprint density at radius 2 is 2.38 bits per heavy atom. The molecule has 0 radical (unpaired) electrons. The van der Waals surface area contributed by atoms with Crippen molar-refractivity contribution >= 4 is 17.4 Å². The first-order valence-electron chi connectivity index (χ1n) is 4.93. The third kappa shape index (κ3) is 2.31. The number of anilines is 1. The molecule has 0 aliphatic carbocycles. The van der Waals surface area contributed by atoms with Gasteiger partial charge in [-0.15, -0.1) is 0 Å². The Kier molecular flexibility index (Phi) is 3.05. The molecule has 1 aliphatic heterocycles. The van der Waals surface area contributed by atoms with Crippen LogP contribution < -0.4 is 10.2 Å². The Morgan fingerprint density at radius 1 is 1.50 bits per heavy atom. The summed E-state index contributed by atoms with van der Waals surface area (Å²) in [7, 11) is 1.60. The summed E-state index contributed by atoms with van der Waals surface area (Å²) in [6.07, 6.45) is 0.551. The van der Waals surface area contributed by atoms with Gasteiger partial charge in [0.1, 0.15) is 11.5 Å². The molecule has 1 aliphatic rings. The van der Waals surface area contributed by atoms with E-state index in [-0.39, 0.29) is 5.97 Å². The first-order chi connectivity index (χ1) is 7.79. The Labute approximate surface area is 93.1 Å². The number of hydrazone groups is 1. The molecule has 84 valence electrons. The summed E-state index contributed by atoms with van der Waals surface area (Å²) in [5.41, 5.74) is 3.99. The molecule has 5 nitrogen and oxygen atoms in total. The molecule has 0 atom stereocenters. The molecule has 1 N–H and O–H groups in total. The van der Waals surface area contributed by atoms with Crippen LogP contribution >= 0.6 is 0 Å².